The summed E-state index contributed by atoms with van der Waals surface area (Å²) in [5, 5.41) is 0. The standard InChI is InChI=1S/C15H29N3/c1-14(2)7-4-8-18(14)15(11-16)9-12-5-6-13(10-15)17(12)3/h12-13H,4-11,16H2,1-3H3. The van der Waals surface area contributed by atoms with Crippen molar-refractivity contribution in [1.82, 2.24) is 9.80 Å². The molecule has 0 aromatic rings. The van der Waals surface area contributed by atoms with E-state index in [1.807, 2.05) is 0 Å². The lowest BCUT2D eigenvalue weighted by Crippen LogP contribution is -2.65. The van der Waals surface area contributed by atoms with Crippen molar-refractivity contribution < 1.29 is 0 Å². The second-order valence-electron chi connectivity index (χ2n) is 7.45. The summed E-state index contributed by atoms with van der Waals surface area (Å²) in [7, 11) is 2.32. The third-order valence-corrected chi connectivity index (χ3v) is 6.07. The monoisotopic (exact) mass is 251 g/mol. The fourth-order valence-electron chi connectivity index (χ4n) is 5.03. The largest absolute Gasteiger partial charge is 0.329 e. The minimum Gasteiger partial charge on any atom is -0.329 e. The summed E-state index contributed by atoms with van der Waals surface area (Å²) >= 11 is 0. The molecule has 3 saturated heterocycles. The van der Waals surface area contributed by atoms with E-state index in [4.69, 9.17) is 5.73 Å². The second kappa shape index (κ2) is 4.19. The molecule has 3 heterocycles. The first kappa shape index (κ1) is 12.9. The van der Waals surface area contributed by atoms with E-state index < -0.39 is 0 Å². The average molecular weight is 251 g/mol. The molecule has 3 fully saturated rings. The summed E-state index contributed by atoms with van der Waals surface area (Å²) < 4.78 is 0. The molecule has 0 spiro atoms. The van der Waals surface area contributed by atoms with Crippen molar-refractivity contribution >= 4 is 0 Å². The smallest absolute Gasteiger partial charge is 0.0366 e. The van der Waals surface area contributed by atoms with Crippen molar-refractivity contribution in [2.45, 2.75) is 75.5 Å². The van der Waals surface area contributed by atoms with E-state index in [0.29, 0.717) is 11.1 Å². The number of nitrogens with two attached hydrogens (primary N) is 1. The van der Waals surface area contributed by atoms with E-state index in [9.17, 15) is 0 Å². The molecule has 3 nitrogen and oxygen atoms in total. The van der Waals surface area contributed by atoms with Crippen molar-refractivity contribution in [3.63, 3.8) is 0 Å². The lowest BCUT2D eigenvalue weighted by molar-refractivity contribution is -0.0317. The van der Waals surface area contributed by atoms with Crippen LogP contribution in [0.4, 0.5) is 0 Å². The van der Waals surface area contributed by atoms with E-state index in [1.165, 1.54) is 45.1 Å². The summed E-state index contributed by atoms with van der Waals surface area (Å²) in [4.78, 5) is 5.40. The first-order chi connectivity index (χ1) is 8.48. The van der Waals surface area contributed by atoms with Crippen LogP contribution in [0.15, 0.2) is 0 Å². The van der Waals surface area contributed by atoms with E-state index >= 15 is 0 Å². The highest BCUT2D eigenvalue weighted by molar-refractivity contribution is 5.10. The Morgan fingerprint density at radius 3 is 2.22 bits per heavy atom. The quantitative estimate of drug-likeness (QED) is 0.812. The van der Waals surface area contributed by atoms with Gasteiger partial charge in [-0.2, -0.15) is 0 Å². The van der Waals surface area contributed by atoms with Gasteiger partial charge in [-0.1, -0.05) is 0 Å². The molecule has 2 atom stereocenters. The molecule has 2 unspecified atom stereocenters. The minimum absolute atomic E-state index is 0.290. The zero-order valence-electron chi connectivity index (χ0n) is 12.3. The molecule has 0 aromatic heterocycles. The highest BCUT2D eigenvalue weighted by atomic mass is 15.3. The van der Waals surface area contributed by atoms with Crippen LogP contribution in [0.25, 0.3) is 0 Å². The molecule has 0 radical (unpaired) electrons. The van der Waals surface area contributed by atoms with Gasteiger partial charge in [0.05, 0.1) is 0 Å². The molecule has 0 amide bonds. The van der Waals surface area contributed by atoms with Gasteiger partial charge >= 0.3 is 0 Å². The van der Waals surface area contributed by atoms with Gasteiger partial charge < -0.3 is 10.6 Å². The molecule has 18 heavy (non-hydrogen) atoms. The maximum Gasteiger partial charge on any atom is 0.0366 e. The topological polar surface area (TPSA) is 32.5 Å². The van der Waals surface area contributed by atoms with Gasteiger partial charge in [0, 0.05) is 29.7 Å². The molecular weight excluding hydrogens is 222 g/mol. The van der Waals surface area contributed by atoms with E-state index in [0.717, 1.165) is 18.6 Å². The van der Waals surface area contributed by atoms with E-state index in [1.54, 1.807) is 0 Å². The van der Waals surface area contributed by atoms with E-state index in [2.05, 4.69) is 30.7 Å². The van der Waals surface area contributed by atoms with Crippen molar-refractivity contribution in [2.75, 3.05) is 20.1 Å². The van der Waals surface area contributed by atoms with Crippen LogP contribution < -0.4 is 5.73 Å². The van der Waals surface area contributed by atoms with Gasteiger partial charge in [0.2, 0.25) is 0 Å². The summed E-state index contributed by atoms with van der Waals surface area (Å²) in [6.07, 6.45) is 8.04. The average Bonchev–Trinajstić information content (AvgIpc) is 2.77. The number of hydrogen-bond acceptors (Lipinski definition) is 3. The molecule has 2 N–H and O–H groups in total. The Kier molecular flexibility index (Phi) is 3.00. The Bertz CT molecular complexity index is 312. The lowest BCUT2D eigenvalue weighted by Gasteiger charge is -2.54. The first-order valence-electron chi connectivity index (χ1n) is 7.68. The van der Waals surface area contributed by atoms with Crippen LogP contribution in [0.3, 0.4) is 0 Å². The fraction of sp³-hybridized carbons (Fsp3) is 1.00. The third-order valence-electron chi connectivity index (χ3n) is 6.07. The van der Waals surface area contributed by atoms with Crippen LogP contribution in [-0.4, -0.2) is 53.1 Å². The molecule has 3 aliphatic heterocycles. The summed E-state index contributed by atoms with van der Waals surface area (Å²) in [6, 6.07) is 1.56. The van der Waals surface area contributed by atoms with Crippen LogP contribution in [0.5, 0.6) is 0 Å². The van der Waals surface area contributed by atoms with Gasteiger partial charge in [0.15, 0.2) is 0 Å². The molecule has 3 heteroatoms. The second-order valence-corrected chi connectivity index (χ2v) is 7.45. The predicted molar refractivity (Wildman–Crippen MR) is 75.6 cm³/mol. The van der Waals surface area contributed by atoms with Gasteiger partial charge in [0.1, 0.15) is 0 Å². The highest BCUT2D eigenvalue weighted by Crippen LogP contribution is 2.46. The van der Waals surface area contributed by atoms with Crippen molar-refractivity contribution in [3.8, 4) is 0 Å². The number of rotatable bonds is 2. The van der Waals surface area contributed by atoms with Gasteiger partial charge in [0.25, 0.3) is 0 Å². The van der Waals surface area contributed by atoms with Crippen molar-refractivity contribution in [2.24, 2.45) is 5.73 Å². The number of hydrogen-bond donors (Lipinski definition) is 1. The van der Waals surface area contributed by atoms with Crippen molar-refractivity contribution in [3.05, 3.63) is 0 Å². The van der Waals surface area contributed by atoms with Gasteiger partial charge in [-0.05, 0) is 66.0 Å². The summed E-state index contributed by atoms with van der Waals surface area (Å²) in [6.45, 7) is 6.93. The zero-order chi connectivity index (χ0) is 13.0. The molecule has 2 bridgehead atoms. The van der Waals surface area contributed by atoms with Gasteiger partial charge in [-0.15, -0.1) is 0 Å². The molecule has 3 rings (SSSR count). The number of fused-ring (bicyclic) bond motifs is 2. The maximum absolute atomic E-state index is 6.28. The Balaban J connectivity index is 1.88. The fourth-order valence-corrected chi connectivity index (χ4v) is 5.03. The SMILES string of the molecule is CN1C2CCC1CC(CN)(N1CCCC1(C)C)C2. The molecule has 0 aliphatic carbocycles. The highest BCUT2D eigenvalue weighted by Gasteiger charge is 2.53. The molecule has 0 aromatic carbocycles. The summed E-state index contributed by atoms with van der Waals surface area (Å²) in [5.74, 6) is 0. The van der Waals surface area contributed by atoms with Gasteiger partial charge in [-0.3, -0.25) is 4.90 Å². The Morgan fingerprint density at radius 2 is 1.78 bits per heavy atom. The Morgan fingerprint density at radius 1 is 1.17 bits per heavy atom. The molecule has 0 saturated carbocycles. The van der Waals surface area contributed by atoms with Crippen LogP contribution in [0, 0.1) is 0 Å². The lowest BCUT2D eigenvalue weighted by atomic mass is 9.79. The van der Waals surface area contributed by atoms with Crippen molar-refractivity contribution in [1.29, 1.82) is 0 Å². The minimum atomic E-state index is 0.290. The van der Waals surface area contributed by atoms with E-state index in [-0.39, 0.29) is 0 Å². The van der Waals surface area contributed by atoms with Crippen LogP contribution in [0.1, 0.15) is 52.4 Å². The third kappa shape index (κ3) is 1.75. The Hall–Kier alpha value is -0.120. The predicted octanol–water partition coefficient (Wildman–Crippen LogP) is 1.81. The number of nitrogens with zero attached hydrogens (tertiary/aromatic N) is 2. The van der Waals surface area contributed by atoms with Gasteiger partial charge in [-0.25, -0.2) is 0 Å². The Labute approximate surface area is 112 Å². The number of piperidine rings is 1. The van der Waals surface area contributed by atoms with Crippen LogP contribution in [0.2, 0.25) is 0 Å². The molecule has 3 aliphatic rings. The summed E-state index contributed by atoms with van der Waals surface area (Å²) in [5.41, 5.74) is 6.92. The van der Waals surface area contributed by atoms with Crippen LogP contribution in [-0.2, 0) is 0 Å². The molecule has 104 valence electrons. The first-order valence-corrected chi connectivity index (χ1v) is 7.68. The normalized spacial score (nSPS) is 44.7. The molecular formula is C15H29N3. The van der Waals surface area contributed by atoms with Crippen LogP contribution >= 0.6 is 0 Å². The number of likely N-dealkylation sites (tertiary alicyclic amines) is 1. The zero-order valence-corrected chi connectivity index (χ0v) is 12.3. The maximum atomic E-state index is 6.28.